The van der Waals surface area contributed by atoms with E-state index in [1.165, 1.54) is 5.56 Å². The van der Waals surface area contributed by atoms with Gasteiger partial charge in [-0.25, -0.2) is 0 Å². The lowest BCUT2D eigenvalue weighted by molar-refractivity contribution is -0.142. The Kier molecular flexibility index (Phi) is 4.58. The van der Waals surface area contributed by atoms with Crippen LogP contribution in [-0.4, -0.2) is 12.6 Å². The number of hydrogen-bond donors (Lipinski definition) is 0. The predicted octanol–water partition coefficient (Wildman–Crippen LogP) is 3.11. The molecule has 0 radical (unpaired) electrons. The third-order valence-electron chi connectivity index (χ3n) is 2.55. The van der Waals surface area contributed by atoms with Gasteiger partial charge in [-0.2, -0.15) is 5.26 Å². The molecule has 0 aliphatic carbocycles. The molecule has 0 saturated heterocycles. The summed E-state index contributed by atoms with van der Waals surface area (Å²) in [6, 6.07) is 2.25. The van der Waals surface area contributed by atoms with E-state index in [2.05, 4.69) is 11.9 Å². The number of hydrogen-bond acceptors (Lipinski definition) is 3. The summed E-state index contributed by atoms with van der Waals surface area (Å²) in [5, 5.41) is 9.91. The van der Waals surface area contributed by atoms with Crippen molar-refractivity contribution in [1.82, 2.24) is 0 Å². The van der Waals surface area contributed by atoms with Crippen LogP contribution in [0.25, 0.3) is 0 Å². The monoisotopic (exact) mass is 237 g/mol. The Labute approximate surface area is 97.1 Å². The van der Waals surface area contributed by atoms with Crippen molar-refractivity contribution in [2.45, 2.75) is 33.4 Å². The van der Waals surface area contributed by atoms with Crippen molar-refractivity contribution in [3.63, 3.8) is 0 Å². The van der Waals surface area contributed by atoms with Gasteiger partial charge in [-0.05, 0) is 43.9 Å². The largest absolute Gasteiger partial charge is 0.466 e. The highest BCUT2D eigenvalue weighted by atomic mass is 31.1. The molecule has 0 amide bonds. The smallest absolute Gasteiger partial charge is 0.306 e. The van der Waals surface area contributed by atoms with Crippen molar-refractivity contribution in [2.75, 3.05) is 6.61 Å². The number of rotatable bonds is 4. The number of carbonyl (C=O) groups excluding carboxylic acids is 1. The number of esters is 1. The molecule has 0 fully saturated rings. The first-order chi connectivity index (χ1) is 7.60. The molecule has 0 aromatic carbocycles. The molecule has 0 saturated carbocycles. The first kappa shape index (κ1) is 12.8. The van der Waals surface area contributed by atoms with Gasteiger partial charge in [0.1, 0.15) is 6.07 Å². The minimum Gasteiger partial charge on any atom is -0.466 e. The third-order valence-corrected chi connectivity index (χ3v) is 4.97. The Morgan fingerprint density at radius 2 is 2.25 bits per heavy atom. The van der Waals surface area contributed by atoms with Gasteiger partial charge < -0.3 is 4.74 Å². The molecule has 16 heavy (non-hydrogen) atoms. The quantitative estimate of drug-likeness (QED) is 0.756. The van der Waals surface area contributed by atoms with Crippen LogP contribution in [0, 0.1) is 25.2 Å². The van der Waals surface area contributed by atoms with E-state index >= 15 is 0 Å². The van der Waals surface area contributed by atoms with Gasteiger partial charge in [0.2, 0.25) is 0 Å². The van der Waals surface area contributed by atoms with Crippen molar-refractivity contribution in [2.24, 2.45) is 0 Å². The third kappa shape index (κ3) is 2.87. The van der Waals surface area contributed by atoms with Crippen molar-refractivity contribution in [3.05, 3.63) is 22.2 Å². The zero-order chi connectivity index (χ0) is 12.1. The Morgan fingerprint density at radius 3 is 2.81 bits per heavy atom. The maximum atomic E-state index is 11.2. The van der Waals surface area contributed by atoms with E-state index in [0.717, 1.165) is 17.0 Å². The molecule has 0 N–H and O–H groups in total. The first-order valence-electron chi connectivity index (χ1n) is 5.32. The lowest BCUT2D eigenvalue weighted by Gasteiger charge is -2.01. The normalized spacial score (nSPS) is 11.0. The predicted molar refractivity (Wildman–Crippen MR) is 64.6 cm³/mol. The number of carbonyl (C=O) groups is 1. The van der Waals surface area contributed by atoms with E-state index < -0.39 is 7.53 Å². The molecule has 0 aliphatic heterocycles. The Bertz CT molecular complexity index is 429. The molecule has 3 nitrogen and oxygen atoms in total. The van der Waals surface area contributed by atoms with Crippen LogP contribution in [0.1, 0.15) is 29.8 Å². The minimum atomic E-state index is -0.575. The molecule has 86 valence electrons. The molecule has 1 heterocycles. The number of ether oxygens (including phenoxy) is 1. The van der Waals surface area contributed by atoms with Crippen LogP contribution in [0.5, 0.6) is 0 Å². The minimum absolute atomic E-state index is 0.169. The van der Waals surface area contributed by atoms with Gasteiger partial charge in [0.05, 0.1) is 18.3 Å². The summed E-state index contributed by atoms with van der Waals surface area (Å²) in [6.45, 7) is 6.20. The fraction of sp³-hybridized carbons (Fsp3) is 0.500. The van der Waals surface area contributed by atoms with Crippen molar-refractivity contribution in [3.8, 4) is 6.07 Å². The maximum absolute atomic E-state index is 11.2. The fourth-order valence-corrected chi connectivity index (χ4v) is 3.87. The van der Waals surface area contributed by atoms with Crippen LogP contribution in [0.4, 0.5) is 0 Å². The summed E-state index contributed by atoms with van der Waals surface area (Å²) < 4.78 is 4.88. The van der Waals surface area contributed by atoms with Crippen LogP contribution in [0.3, 0.4) is 0 Å². The first-order valence-corrected chi connectivity index (χ1v) is 6.91. The number of nitriles is 1. The zero-order valence-electron chi connectivity index (χ0n) is 9.91. The Hall–Kier alpha value is -1.26. The second kappa shape index (κ2) is 5.72. The molecule has 4 heteroatoms. The molecular weight excluding hydrogens is 221 g/mol. The molecular formula is C12H16NO2P. The molecule has 0 bridgehead atoms. The van der Waals surface area contributed by atoms with Gasteiger partial charge >= 0.3 is 5.97 Å². The van der Waals surface area contributed by atoms with E-state index in [1.54, 1.807) is 6.92 Å². The van der Waals surface area contributed by atoms with Gasteiger partial charge in [0.25, 0.3) is 0 Å². The van der Waals surface area contributed by atoms with Gasteiger partial charge in [-0.3, -0.25) is 4.79 Å². The Morgan fingerprint density at radius 1 is 1.56 bits per heavy atom. The van der Waals surface area contributed by atoms with E-state index in [-0.39, 0.29) is 5.97 Å². The summed E-state index contributed by atoms with van der Waals surface area (Å²) in [4.78, 5) is 11.2. The van der Waals surface area contributed by atoms with Crippen LogP contribution in [0.2, 0.25) is 0 Å². The lowest BCUT2D eigenvalue weighted by atomic mass is 10.2. The fourth-order valence-electron chi connectivity index (χ4n) is 1.57. The van der Waals surface area contributed by atoms with E-state index in [1.807, 2.05) is 13.8 Å². The van der Waals surface area contributed by atoms with Crippen LogP contribution in [0.15, 0.2) is 5.80 Å². The SMILES string of the molecule is CCOC(=O)CCp1cc(C)c(C)c1C#N. The standard InChI is InChI=1S/C12H16NO2P/c1-4-15-12(14)5-6-16-8-9(2)10(3)11(16)7-13/h8H,4-6H2,1-3H3. The van der Waals surface area contributed by atoms with Crippen LogP contribution >= 0.6 is 7.53 Å². The average Bonchev–Trinajstić information content (AvgIpc) is 2.52. The summed E-state index contributed by atoms with van der Waals surface area (Å²) >= 11 is 0. The highest BCUT2D eigenvalue weighted by Crippen LogP contribution is 2.40. The van der Waals surface area contributed by atoms with Gasteiger partial charge in [0, 0.05) is 0 Å². The number of nitrogens with zero attached hydrogens (tertiary/aromatic N) is 1. The van der Waals surface area contributed by atoms with Crippen LogP contribution < -0.4 is 0 Å². The molecule has 0 spiro atoms. The van der Waals surface area contributed by atoms with E-state index in [4.69, 9.17) is 10.00 Å². The summed E-state index contributed by atoms with van der Waals surface area (Å²) in [7, 11) is -0.575. The highest BCUT2D eigenvalue weighted by Gasteiger charge is 2.11. The molecule has 1 unspecified atom stereocenters. The molecule has 1 atom stereocenters. The van der Waals surface area contributed by atoms with Gasteiger partial charge in [-0.15, -0.1) is 7.53 Å². The lowest BCUT2D eigenvalue weighted by Crippen LogP contribution is -2.03. The van der Waals surface area contributed by atoms with E-state index in [0.29, 0.717) is 13.0 Å². The zero-order valence-corrected chi connectivity index (χ0v) is 10.8. The summed E-state index contributed by atoms with van der Waals surface area (Å²) in [5.74, 6) is 1.96. The molecule has 1 rings (SSSR count). The second-order valence-electron chi connectivity index (χ2n) is 3.65. The van der Waals surface area contributed by atoms with E-state index in [9.17, 15) is 4.79 Å². The van der Waals surface area contributed by atoms with Gasteiger partial charge in [0.15, 0.2) is 0 Å². The molecule has 1 aromatic heterocycles. The summed E-state index contributed by atoms with van der Waals surface area (Å²) in [5.41, 5.74) is 2.25. The summed E-state index contributed by atoms with van der Waals surface area (Å²) in [6.07, 6.45) is 1.13. The Balaban J connectivity index is 2.72. The molecule has 1 aromatic rings. The van der Waals surface area contributed by atoms with Gasteiger partial charge in [-0.1, -0.05) is 0 Å². The average molecular weight is 237 g/mol. The maximum Gasteiger partial charge on any atom is 0.306 e. The highest BCUT2D eigenvalue weighted by molar-refractivity contribution is 7.49. The van der Waals surface area contributed by atoms with Crippen LogP contribution in [-0.2, 0) is 15.7 Å². The molecule has 0 aliphatic rings. The topological polar surface area (TPSA) is 50.1 Å². The second-order valence-corrected chi connectivity index (χ2v) is 5.74. The van der Waals surface area contributed by atoms with Crippen molar-refractivity contribution < 1.29 is 9.53 Å². The van der Waals surface area contributed by atoms with Crippen molar-refractivity contribution in [1.29, 1.82) is 5.26 Å². The number of aryl methyl sites for hydroxylation is 2. The van der Waals surface area contributed by atoms with Crippen molar-refractivity contribution >= 4 is 13.5 Å².